The monoisotopic (exact) mass is 660 g/mol. The summed E-state index contributed by atoms with van der Waals surface area (Å²) in [5, 5.41) is 3.26. The molecule has 1 aliphatic heterocycles. The molecule has 0 saturated carbocycles. The first-order valence-electron chi connectivity index (χ1n) is 16.6. The second-order valence-corrected chi connectivity index (χ2v) is 14.6. The summed E-state index contributed by atoms with van der Waals surface area (Å²) in [4.78, 5) is 11.8. The van der Waals surface area contributed by atoms with Crippen LogP contribution in [0.25, 0.3) is 72.2 Å². The number of hydrogen-bond acceptors (Lipinski definition) is 4. The average molecular weight is 661 g/mol. The SMILES string of the molecule is O=S1(c2ccccc2)=Nc2ccc(-c3ccc4c(c3)c3ccccc3n4-c3nc(-c4ccccc4)c4ccccc4n3)cc2-c2ccccc21. The summed E-state index contributed by atoms with van der Waals surface area (Å²) >= 11 is 0. The lowest BCUT2D eigenvalue weighted by molar-refractivity contribution is 0.676. The summed E-state index contributed by atoms with van der Waals surface area (Å²) in [6.45, 7) is 0. The minimum atomic E-state index is -2.82. The van der Waals surface area contributed by atoms with Gasteiger partial charge in [0.25, 0.3) is 0 Å². The van der Waals surface area contributed by atoms with E-state index in [2.05, 4.69) is 89.5 Å². The Morgan fingerprint density at radius 3 is 2.00 bits per heavy atom. The lowest BCUT2D eigenvalue weighted by Gasteiger charge is -2.22. The molecule has 236 valence electrons. The number of fused-ring (bicyclic) bond motifs is 7. The second kappa shape index (κ2) is 11.1. The van der Waals surface area contributed by atoms with Crippen molar-refractivity contribution in [3.05, 3.63) is 170 Å². The quantitative estimate of drug-likeness (QED) is 0.189. The van der Waals surface area contributed by atoms with Gasteiger partial charge in [-0.3, -0.25) is 4.57 Å². The molecule has 0 N–H and O–H groups in total. The molecule has 1 unspecified atom stereocenters. The first-order valence-corrected chi connectivity index (χ1v) is 18.1. The zero-order valence-corrected chi connectivity index (χ0v) is 27.6. The Bertz CT molecular complexity index is 2920. The van der Waals surface area contributed by atoms with Crippen LogP contribution in [-0.4, -0.2) is 18.7 Å². The van der Waals surface area contributed by atoms with E-state index < -0.39 is 9.73 Å². The van der Waals surface area contributed by atoms with Crippen molar-refractivity contribution in [2.24, 2.45) is 4.36 Å². The third kappa shape index (κ3) is 4.35. The van der Waals surface area contributed by atoms with Gasteiger partial charge in [-0.15, -0.1) is 0 Å². The van der Waals surface area contributed by atoms with Gasteiger partial charge in [0.05, 0.1) is 37.7 Å². The molecule has 3 heterocycles. The van der Waals surface area contributed by atoms with Crippen molar-refractivity contribution in [1.82, 2.24) is 14.5 Å². The summed E-state index contributed by atoms with van der Waals surface area (Å²) in [6.07, 6.45) is 0. The Balaban J connectivity index is 1.16. The molecule has 0 fully saturated rings. The zero-order valence-electron chi connectivity index (χ0n) is 26.8. The van der Waals surface area contributed by atoms with E-state index in [1.54, 1.807) is 0 Å². The predicted molar refractivity (Wildman–Crippen MR) is 203 cm³/mol. The van der Waals surface area contributed by atoms with Crippen molar-refractivity contribution in [1.29, 1.82) is 0 Å². The molecule has 0 amide bonds. The highest BCUT2D eigenvalue weighted by atomic mass is 32.2. The summed E-state index contributed by atoms with van der Waals surface area (Å²) in [7, 11) is -2.82. The van der Waals surface area contributed by atoms with Crippen molar-refractivity contribution >= 4 is 48.1 Å². The van der Waals surface area contributed by atoms with Gasteiger partial charge >= 0.3 is 0 Å². The molecule has 10 rings (SSSR count). The first-order chi connectivity index (χ1) is 24.7. The summed E-state index contributed by atoms with van der Waals surface area (Å²) < 4.78 is 21.6. The minimum Gasteiger partial charge on any atom is -0.278 e. The largest absolute Gasteiger partial charge is 0.278 e. The number of rotatable bonds is 4. The molecule has 2 aromatic heterocycles. The molecule has 0 radical (unpaired) electrons. The maximum absolute atomic E-state index is 14.5. The van der Waals surface area contributed by atoms with E-state index in [4.69, 9.17) is 14.3 Å². The first kappa shape index (κ1) is 28.6. The Morgan fingerprint density at radius 2 is 1.14 bits per heavy atom. The van der Waals surface area contributed by atoms with E-state index >= 15 is 0 Å². The molecule has 0 aliphatic carbocycles. The van der Waals surface area contributed by atoms with Gasteiger partial charge in [0.15, 0.2) is 0 Å². The Labute approximate surface area is 289 Å². The number of para-hydroxylation sites is 2. The molecule has 5 nitrogen and oxygen atoms in total. The highest BCUT2D eigenvalue weighted by Crippen LogP contribution is 2.46. The third-order valence-electron chi connectivity index (χ3n) is 9.61. The maximum atomic E-state index is 14.5. The van der Waals surface area contributed by atoms with Gasteiger partial charge in [-0.2, -0.15) is 4.36 Å². The number of nitrogens with zero attached hydrogens (tertiary/aromatic N) is 4. The predicted octanol–water partition coefficient (Wildman–Crippen LogP) is 11.3. The maximum Gasteiger partial charge on any atom is 0.235 e. The summed E-state index contributed by atoms with van der Waals surface area (Å²) in [5.74, 6) is 0.635. The van der Waals surface area contributed by atoms with Crippen LogP contribution in [0.15, 0.2) is 184 Å². The van der Waals surface area contributed by atoms with Crippen molar-refractivity contribution in [2.75, 3.05) is 0 Å². The second-order valence-electron chi connectivity index (χ2n) is 12.5. The van der Waals surface area contributed by atoms with Gasteiger partial charge in [0.2, 0.25) is 5.95 Å². The Kier molecular flexibility index (Phi) is 6.35. The average Bonchev–Trinajstić information content (AvgIpc) is 3.52. The Morgan fingerprint density at radius 1 is 0.480 bits per heavy atom. The van der Waals surface area contributed by atoms with E-state index in [1.807, 2.05) is 84.9 Å². The van der Waals surface area contributed by atoms with E-state index in [1.165, 1.54) is 0 Å². The van der Waals surface area contributed by atoms with Crippen molar-refractivity contribution in [2.45, 2.75) is 9.79 Å². The normalized spacial score (nSPS) is 15.1. The molecular formula is C44H28N4OS. The van der Waals surface area contributed by atoms with E-state index in [0.717, 1.165) is 81.7 Å². The van der Waals surface area contributed by atoms with Crippen LogP contribution in [0.4, 0.5) is 5.69 Å². The Hall–Kier alpha value is -6.37. The number of aromatic nitrogens is 3. The standard InChI is InChI=1S/C44H28N4OS/c49-50(32-15-5-2-6-16-32)42-22-12-9-18-34(42)36-27-30(23-25-39(36)47-50)31-24-26-41-37(28-31)33-17-8-11-21-40(33)48(41)44-45-38-20-10-7-19-35(38)43(46-44)29-13-3-1-4-14-29/h1-28H. The fourth-order valence-electron chi connectivity index (χ4n) is 7.26. The highest BCUT2D eigenvalue weighted by molar-refractivity contribution is 7.94. The van der Waals surface area contributed by atoms with Gasteiger partial charge < -0.3 is 0 Å². The van der Waals surface area contributed by atoms with Gasteiger partial charge in [-0.05, 0) is 65.7 Å². The molecule has 6 heteroatoms. The number of hydrogen-bond donors (Lipinski definition) is 0. The van der Waals surface area contributed by atoms with E-state index in [-0.39, 0.29) is 0 Å². The van der Waals surface area contributed by atoms with Crippen molar-refractivity contribution in [3.63, 3.8) is 0 Å². The van der Waals surface area contributed by atoms with Crippen molar-refractivity contribution in [3.8, 4) is 39.5 Å². The molecule has 9 aromatic rings. The molecule has 0 bridgehead atoms. The topological polar surface area (TPSA) is 60.1 Å². The lowest BCUT2D eigenvalue weighted by Crippen LogP contribution is -2.07. The smallest absolute Gasteiger partial charge is 0.235 e. The lowest BCUT2D eigenvalue weighted by atomic mass is 9.96. The van der Waals surface area contributed by atoms with Crippen molar-refractivity contribution < 1.29 is 4.21 Å². The molecule has 50 heavy (non-hydrogen) atoms. The molecule has 1 aliphatic rings. The number of benzene rings is 7. The molecule has 1 atom stereocenters. The van der Waals surface area contributed by atoms with Crippen LogP contribution >= 0.6 is 0 Å². The van der Waals surface area contributed by atoms with Gasteiger partial charge in [0, 0.05) is 32.8 Å². The minimum absolute atomic E-state index is 0.635. The van der Waals surface area contributed by atoms with Gasteiger partial charge in [-0.25, -0.2) is 14.2 Å². The molecule has 7 aromatic carbocycles. The highest BCUT2D eigenvalue weighted by Gasteiger charge is 2.27. The van der Waals surface area contributed by atoms with Crippen LogP contribution in [-0.2, 0) is 9.73 Å². The van der Waals surface area contributed by atoms with Crippen LogP contribution in [0.5, 0.6) is 0 Å². The van der Waals surface area contributed by atoms with Crippen LogP contribution in [0.3, 0.4) is 0 Å². The zero-order chi connectivity index (χ0) is 33.2. The van der Waals surface area contributed by atoms with E-state index in [0.29, 0.717) is 5.95 Å². The van der Waals surface area contributed by atoms with Crippen LogP contribution < -0.4 is 0 Å². The van der Waals surface area contributed by atoms with Crippen LogP contribution in [0.2, 0.25) is 0 Å². The summed E-state index contributed by atoms with van der Waals surface area (Å²) in [5.41, 5.74) is 9.75. The van der Waals surface area contributed by atoms with Gasteiger partial charge in [-0.1, -0.05) is 115 Å². The molecular weight excluding hydrogens is 633 g/mol. The molecule has 0 spiro atoms. The summed E-state index contributed by atoms with van der Waals surface area (Å²) in [6, 6.07) is 57.3. The van der Waals surface area contributed by atoms with Crippen LogP contribution in [0.1, 0.15) is 0 Å². The fraction of sp³-hybridized carbons (Fsp3) is 0. The third-order valence-corrected chi connectivity index (χ3v) is 11.9. The van der Waals surface area contributed by atoms with E-state index in [9.17, 15) is 4.21 Å². The fourth-order valence-corrected chi connectivity index (χ4v) is 9.42. The van der Waals surface area contributed by atoms with Crippen LogP contribution in [0, 0.1) is 0 Å². The molecule has 0 saturated heterocycles. The van der Waals surface area contributed by atoms with Gasteiger partial charge in [0.1, 0.15) is 9.73 Å².